The minimum atomic E-state index is -1.09. The van der Waals surface area contributed by atoms with Crippen molar-refractivity contribution in [3.05, 3.63) is 83.3 Å². The predicted molar refractivity (Wildman–Crippen MR) is 99.0 cm³/mol. The monoisotopic (exact) mass is 345 g/mol. The highest BCUT2D eigenvalue weighted by Gasteiger charge is 2.15. The summed E-state index contributed by atoms with van der Waals surface area (Å²) >= 11 is 0. The Morgan fingerprint density at radius 3 is 2.19 bits per heavy atom. The van der Waals surface area contributed by atoms with E-state index in [1.165, 1.54) is 0 Å². The number of benzene rings is 3. The smallest absolute Gasteiger partial charge is 0.420 e. The molecule has 128 valence electrons. The first-order valence-corrected chi connectivity index (χ1v) is 8.13. The standard InChI is InChI=1S/C21H15NO4/c23-19(24)13-22-18-8-4-7-17(20(18)26-21(22)25)16-11-9-15(10-12-16)14-5-2-1-3-6-14/h1-12H,13H2,(H,23,24). The van der Waals surface area contributed by atoms with E-state index < -0.39 is 18.3 Å². The van der Waals surface area contributed by atoms with Crippen molar-refractivity contribution >= 4 is 17.1 Å². The average Bonchev–Trinajstić information content (AvgIpc) is 2.98. The van der Waals surface area contributed by atoms with Crippen molar-refractivity contribution in [3.8, 4) is 22.3 Å². The Morgan fingerprint density at radius 1 is 0.846 bits per heavy atom. The van der Waals surface area contributed by atoms with E-state index in [1.807, 2.05) is 60.7 Å². The second kappa shape index (κ2) is 6.37. The van der Waals surface area contributed by atoms with Crippen molar-refractivity contribution < 1.29 is 14.3 Å². The van der Waals surface area contributed by atoms with Crippen molar-refractivity contribution in [1.82, 2.24) is 4.57 Å². The Balaban J connectivity index is 1.80. The maximum absolute atomic E-state index is 12.0. The van der Waals surface area contributed by atoms with Crippen molar-refractivity contribution in [2.45, 2.75) is 6.54 Å². The highest BCUT2D eigenvalue weighted by Crippen LogP contribution is 2.30. The first-order valence-electron chi connectivity index (χ1n) is 8.13. The Morgan fingerprint density at radius 2 is 1.50 bits per heavy atom. The minimum Gasteiger partial charge on any atom is -0.480 e. The van der Waals surface area contributed by atoms with E-state index in [4.69, 9.17) is 9.52 Å². The number of fused-ring (bicyclic) bond motifs is 1. The number of carboxylic acid groups (broad SMARTS) is 1. The number of aromatic nitrogens is 1. The summed E-state index contributed by atoms with van der Waals surface area (Å²) in [5, 5.41) is 8.99. The van der Waals surface area contributed by atoms with Crippen LogP contribution in [0.3, 0.4) is 0 Å². The van der Waals surface area contributed by atoms with Gasteiger partial charge in [0.25, 0.3) is 0 Å². The molecule has 3 aromatic carbocycles. The molecule has 5 heteroatoms. The number of rotatable bonds is 4. The van der Waals surface area contributed by atoms with E-state index >= 15 is 0 Å². The second-order valence-corrected chi connectivity index (χ2v) is 5.95. The van der Waals surface area contributed by atoms with Crippen LogP contribution in [0.5, 0.6) is 0 Å². The SMILES string of the molecule is O=C(O)Cn1c(=O)oc2c(-c3ccc(-c4ccccc4)cc3)cccc21. The summed E-state index contributed by atoms with van der Waals surface area (Å²) in [7, 11) is 0. The molecule has 1 heterocycles. The van der Waals surface area contributed by atoms with Crippen LogP contribution in [0.1, 0.15) is 0 Å². The lowest BCUT2D eigenvalue weighted by molar-refractivity contribution is -0.137. The molecule has 5 nitrogen and oxygen atoms in total. The molecule has 0 aliphatic heterocycles. The van der Waals surface area contributed by atoms with E-state index in [1.54, 1.807) is 12.1 Å². The van der Waals surface area contributed by atoms with Gasteiger partial charge >= 0.3 is 11.7 Å². The molecular formula is C21H15NO4. The average molecular weight is 345 g/mol. The van der Waals surface area contributed by atoms with Crippen LogP contribution in [0.25, 0.3) is 33.4 Å². The molecule has 0 saturated heterocycles. The highest BCUT2D eigenvalue weighted by atomic mass is 16.4. The highest BCUT2D eigenvalue weighted by molar-refractivity contribution is 5.91. The zero-order chi connectivity index (χ0) is 18.1. The Kier molecular flexibility index (Phi) is 3.89. The summed E-state index contributed by atoms with van der Waals surface area (Å²) in [5.41, 5.74) is 4.73. The molecular weight excluding hydrogens is 330 g/mol. The van der Waals surface area contributed by atoms with Gasteiger partial charge in [0, 0.05) is 5.56 Å². The third kappa shape index (κ3) is 2.80. The van der Waals surface area contributed by atoms with Gasteiger partial charge in [-0.25, -0.2) is 4.79 Å². The Labute approximate surface area is 148 Å². The van der Waals surface area contributed by atoms with Gasteiger partial charge in [-0.3, -0.25) is 9.36 Å². The van der Waals surface area contributed by atoms with Crippen LogP contribution in [0.4, 0.5) is 0 Å². The van der Waals surface area contributed by atoms with Gasteiger partial charge in [-0.1, -0.05) is 66.7 Å². The molecule has 1 N–H and O–H groups in total. The lowest BCUT2D eigenvalue weighted by Crippen LogP contribution is -2.19. The summed E-state index contributed by atoms with van der Waals surface area (Å²) in [6, 6.07) is 23.3. The number of carbonyl (C=O) groups is 1. The first-order chi connectivity index (χ1) is 12.6. The first kappa shape index (κ1) is 15.9. The van der Waals surface area contributed by atoms with Gasteiger partial charge in [-0.05, 0) is 22.8 Å². The molecule has 0 amide bonds. The lowest BCUT2D eigenvalue weighted by Gasteiger charge is -2.06. The van der Waals surface area contributed by atoms with Gasteiger partial charge in [0.05, 0.1) is 5.52 Å². The van der Waals surface area contributed by atoms with Crippen molar-refractivity contribution in [2.75, 3.05) is 0 Å². The maximum atomic E-state index is 12.0. The molecule has 0 atom stereocenters. The number of hydrogen-bond acceptors (Lipinski definition) is 3. The van der Waals surface area contributed by atoms with Crippen LogP contribution in [-0.4, -0.2) is 15.6 Å². The lowest BCUT2D eigenvalue weighted by atomic mass is 10.00. The van der Waals surface area contributed by atoms with E-state index in [9.17, 15) is 9.59 Å². The summed E-state index contributed by atoms with van der Waals surface area (Å²) in [6.07, 6.45) is 0. The summed E-state index contributed by atoms with van der Waals surface area (Å²) in [5.74, 6) is -1.76. The number of carboxylic acids is 1. The number of aliphatic carboxylic acids is 1. The van der Waals surface area contributed by atoms with Crippen LogP contribution in [0, 0.1) is 0 Å². The second-order valence-electron chi connectivity index (χ2n) is 5.95. The molecule has 0 bridgehead atoms. The molecule has 4 rings (SSSR count). The summed E-state index contributed by atoms with van der Waals surface area (Å²) in [6.45, 7) is -0.428. The van der Waals surface area contributed by atoms with E-state index in [2.05, 4.69) is 0 Å². The largest absolute Gasteiger partial charge is 0.480 e. The molecule has 4 aromatic rings. The maximum Gasteiger partial charge on any atom is 0.420 e. The molecule has 26 heavy (non-hydrogen) atoms. The molecule has 0 aliphatic carbocycles. The quantitative estimate of drug-likeness (QED) is 0.606. The fourth-order valence-corrected chi connectivity index (χ4v) is 3.07. The third-order valence-corrected chi connectivity index (χ3v) is 4.29. The normalized spacial score (nSPS) is 10.9. The van der Waals surface area contributed by atoms with Crippen LogP contribution < -0.4 is 5.76 Å². The van der Waals surface area contributed by atoms with Gasteiger partial charge in [0.2, 0.25) is 0 Å². The fraction of sp³-hybridized carbons (Fsp3) is 0.0476. The summed E-state index contributed by atoms with van der Waals surface area (Å²) < 4.78 is 6.47. The van der Waals surface area contributed by atoms with Crippen molar-refractivity contribution in [3.63, 3.8) is 0 Å². The van der Waals surface area contributed by atoms with Gasteiger partial charge in [0.1, 0.15) is 6.54 Å². The molecule has 0 unspecified atom stereocenters. The number of nitrogens with zero attached hydrogens (tertiary/aromatic N) is 1. The van der Waals surface area contributed by atoms with Crippen LogP contribution in [0.15, 0.2) is 82.0 Å². The zero-order valence-electron chi connectivity index (χ0n) is 13.8. The van der Waals surface area contributed by atoms with Crippen molar-refractivity contribution in [1.29, 1.82) is 0 Å². The van der Waals surface area contributed by atoms with E-state index in [0.29, 0.717) is 11.1 Å². The topological polar surface area (TPSA) is 72.4 Å². The zero-order valence-corrected chi connectivity index (χ0v) is 13.8. The van der Waals surface area contributed by atoms with Gasteiger partial charge < -0.3 is 9.52 Å². The Bertz CT molecular complexity index is 1140. The number of hydrogen-bond donors (Lipinski definition) is 1. The molecule has 0 radical (unpaired) electrons. The summed E-state index contributed by atoms with van der Waals surface area (Å²) in [4.78, 5) is 23.0. The molecule has 1 aromatic heterocycles. The minimum absolute atomic E-state index is 0.395. The molecule has 0 aliphatic rings. The van der Waals surface area contributed by atoms with E-state index in [-0.39, 0.29) is 0 Å². The molecule has 0 saturated carbocycles. The van der Waals surface area contributed by atoms with Crippen LogP contribution >= 0.6 is 0 Å². The number of para-hydroxylation sites is 1. The molecule has 0 fully saturated rings. The van der Waals surface area contributed by atoms with Crippen LogP contribution in [-0.2, 0) is 11.3 Å². The van der Waals surface area contributed by atoms with Crippen LogP contribution in [0.2, 0.25) is 0 Å². The third-order valence-electron chi connectivity index (χ3n) is 4.29. The number of oxazole rings is 1. The fourth-order valence-electron chi connectivity index (χ4n) is 3.07. The van der Waals surface area contributed by atoms with E-state index in [0.717, 1.165) is 26.8 Å². The Hall–Kier alpha value is -3.60. The van der Waals surface area contributed by atoms with Gasteiger partial charge in [0.15, 0.2) is 5.58 Å². The molecule has 0 spiro atoms. The van der Waals surface area contributed by atoms with Gasteiger partial charge in [-0.15, -0.1) is 0 Å². The van der Waals surface area contributed by atoms with Gasteiger partial charge in [-0.2, -0.15) is 0 Å². The predicted octanol–water partition coefficient (Wildman–Crippen LogP) is 4.01. The van der Waals surface area contributed by atoms with Crippen molar-refractivity contribution in [2.24, 2.45) is 0 Å².